The minimum Gasteiger partial charge on any atom is -0.489 e. The zero-order valence-electron chi connectivity index (χ0n) is 25.6. The molecular weight excluding hydrogens is 520 g/mol. The Bertz CT molecular complexity index is 1370. The normalized spacial score (nSPS) is 11.0. The van der Waals surface area contributed by atoms with Crippen LogP contribution in [0.25, 0.3) is 0 Å². The standard InChI is InChI=1S/C30H36N2O3.C7H8/c1-5-31(4)30(29(24(3)33)35-23-26-17-11-8-12-18-26)32(6-2)21-27-19-13-14-20-28(27)34-22-25-15-9-7-10-16-25;1-7-5-3-2-4-6-7/h7-20H,5-6,21-23H2,1-4H3;2-6H,1H3/b30-29-;. The molecule has 0 heterocycles. The molecule has 5 nitrogen and oxygen atoms in total. The fourth-order valence-corrected chi connectivity index (χ4v) is 4.35. The molecule has 0 unspecified atom stereocenters. The monoisotopic (exact) mass is 564 g/mol. The van der Waals surface area contributed by atoms with Gasteiger partial charge in [-0.1, -0.05) is 115 Å². The maximum Gasteiger partial charge on any atom is 0.202 e. The van der Waals surface area contributed by atoms with Crippen molar-refractivity contribution >= 4 is 5.78 Å². The Morgan fingerprint density at radius 1 is 0.690 bits per heavy atom. The zero-order chi connectivity index (χ0) is 30.2. The molecule has 0 atom stereocenters. The van der Waals surface area contributed by atoms with Crippen molar-refractivity contribution in [3.8, 4) is 5.75 Å². The first-order valence-corrected chi connectivity index (χ1v) is 14.6. The molecular formula is C37H44N2O3. The van der Waals surface area contributed by atoms with Crippen LogP contribution in [0.3, 0.4) is 0 Å². The lowest BCUT2D eigenvalue weighted by Gasteiger charge is -2.34. The van der Waals surface area contributed by atoms with Crippen molar-refractivity contribution in [1.82, 2.24) is 9.80 Å². The molecule has 0 saturated carbocycles. The van der Waals surface area contributed by atoms with Gasteiger partial charge in [0, 0.05) is 39.2 Å². The first-order chi connectivity index (χ1) is 20.4. The Labute approximate surface area is 252 Å². The molecule has 0 aliphatic rings. The fourth-order valence-electron chi connectivity index (χ4n) is 4.35. The van der Waals surface area contributed by atoms with Gasteiger partial charge < -0.3 is 19.3 Å². The van der Waals surface area contributed by atoms with Gasteiger partial charge in [0.15, 0.2) is 11.6 Å². The van der Waals surface area contributed by atoms with E-state index in [1.165, 1.54) is 5.56 Å². The predicted molar refractivity (Wildman–Crippen MR) is 172 cm³/mol. The molecule has 5 heteroatoms. The van der Waals surface area contributed by atoms with Crippen LogP contribution in [0, 0.1) is 6.92 Å². The van der Waals surface area contributed by atoms with Crippen molar-refractivity contribution in [3.63, 3.8) is 0 Å². The molecule has 42 heavy (non-hydrogen) atoms. The van der Waals surface area contributed by atoms with Gasteiger partial charge >= 0.3 is 0 Å². The number of hydrogen-bond acceptors (Lipinski definition) is 5. The number of rotatable bonds is 13. The van der Waals surface area contributed by atoms with Crippen LogP contribution >= 0.6 is 0 Å². The predicted octanol–water partition coefficient (Wildman–Crippen LogP) is 8.01. The largest absolute Gasteiger partial charge is 0.489 e. The highest BCUT2D eigenvalue weighted by molar-refractivity contribution is 5.91. The summed E-state index contributed by atoms with van der Waals surface area (Å²) in [4.78, 5) is 17.0. The lowest BCUT2D eigenvalue weighted by molar-refractivity contribution is -0.117. The Balaban J connectivity index is 0.000000603. The number of carbonyl (C=O) groups excluding carboxylic acids is 1. The average molecular weight is 565 g/mol. The molecule has 0 N–H and O–H groups in total. The molecule has 0 amide bonds. The summed E-state index contributed by atoms with van der Waals surface area (Å²) >= 11 is 0. The molecule has 0 aromatic heterocycles. The van der Waals surface area contributed by atoms with Gasteiger partial charge in [0.1, 0.15) is 19.0 Å². The van der Waals surface area contributed by atoms with Crippen LogP contribution in [0.4, 0.5) is 0 Å². The summed E-state index contributed by atoms with van der Waals surface area (Å²) in [6.45, 7) is 10.7. The van der Waals surface area contributed by atoms with Gasteiger partial charge in [-0.05, 0) is 38.0 Å². The number of para-hydroxylation sites is 1. The van der Waals surface area contributed by atoms with Gasteiger partial charge in [-0.25, -0.2) is 0 Å². The van der Waals surface area contributed by atoms with Gasteiger partial charge in [-0.2, -0.15) is 0 Å². The second-order valence-electron chi connectivity index (χ2n) is 10.0. The summed E-state index contributed by atoms with van der Waals surface area (Å²) in [5.74, 6) is 1.91. The molecule has 4 aromatic carbocycles. The first kappa shape index (κ1) is 32.0. The molecule has 0 fully saturated rings. The number of allylic oxidation sites excluding steroid dienone is 1. The number of hydrogen-bond donors (Lipinski definition) is 0. The highest BCUT2D eigenvalue weighted by Gasteiger charge is 2.23. The highest BCUT2D eigenvalue weighted by Crippen LogP contribution is 2.26. The highest BCUT2D eigenvalue weighted by atomic mass is 16.5. The third-order valence-electron chi connectivity index (χ3n) is 6.78. The number of carbonyl (C=O) groups is 1. The molecule has 0 bridgehead atoms. The molecule has 0 spiro atoms. The number of ether oxygens (including phenoxy) is 2. The van der Waals surface area contributed by atoms with Crippen molar-refractivity contribution in [3.05, 3.63) is 149 Å². The summed E-state index contributed by atoms with van der Waals surface area (Å²) in [5.41, 5.74) is 4.52. The summed E-state index contributed by atoms with van der Waals surface area (Å²) in [5, 5.41) is 0. The lowest BCUT2D eigenvalue weighted by atomic mass is 10.1. The van der Waals surface area contributed by atoms with E-state index in [2.05, 4.69) is 60.9 Å². The molecule has 0 aliphatic carbocycles. The Morgan fingerprint density at radius 3 is 1.71 bits per heavy atom. The molecule has 220 valence electrons. The molecule has 0 radical (unpaired) electrons. The van der Waals surface area contributed by atoms with Crippen LogP contribution in [0.5, 0.6) is 5.75 Å². The molecule has 0 aliphatic heterocycles. The number of benzene rings is 4. The Kier molecular flexibility index (Phi) is 13.2. The van der Waals surface area contributed by atoms with Crippen molar-refractivity contribution in [2.75, 3.05) is 20.1 Å². The lowest BCUT2D eigenvalue weighted by Crippen LogP contribution is -2.36. The smallest absolute Gasteiger partial charge is 0.202 e. The first-order valence-electron chi connectivity index (χ1n) is 14.6. The van der Waals surface area contributed by atoms with E-state index in [1.807, 2.05) is 92.0 Å². The summed E-state index contributed by atoms with van der Waals surface area (Å²) < 4.78 is 12.3. The van der Waals surface area contributed by atoms with Crippen molar-refractivity contribution < 1.29 is 14.3 Å². The number of aryl methyl sites for hydroxylation is 1. The SMILES string of the molecule is CCN(C)/C(=C(/OCc1ccccc1)C(C)=O)N(CC)Cc1ccccc1OCc1ccccc1.Cc1ccccc1. The van der Waals surface area contributed by atoms with Crippen LogP contribution in [0.2, 0.25) is 0 Å². The molecule has 0 saturated heterocycles. The maximum absolute atomic E-state index is 12.8. The van der Waals surface area contributed by atoms with E-state index in [9.17, 15) is 4.79 Å². The van der Waals surface area contributed by atoms with E-state index in [0.29, 0.717) is 32.1 Å². The second kappa shape index (κ2) is 17.3. The fraction of sp³-hybridized carbons (Fsp3) is 0.270. The summed E-state index contributed by atoms with van der Waals surface area (Å²) in [6.07, 6.45) is 0. The minimum absolute atomic E-state index is 0.0942. The average Bonchev–Trinajstić information content (AvgIpc) is 3.03. The van der Waals surface area contributed by atoms with Gasteiger partial charge in [0.25, 0.3) is 0 Å². The number of Topliss-reactive ketones (excluding diaryl/α,β-unsaturated/α-hetero) is 1. The molecule has 4 aromatic rings. The number of nitrogens with zero attached hydrogens (tertiary/aromatic N) is 2. The van der Waals surface area contributed by atoms with Crippen molar-refractivity contribution in [1.29, 1.82) is 0 Å². The third-order valence-corrected chi connectivity index (χ3v) is 6.78. The van der Waals surface area contributed by atoms with Crippen LogP contribution in [0.1, 0.15) is 43.0 Å². The van der Waals surface area contributed by atoms with E-state index in [0.717, 1.165) is 34.8 Å². The van der Waals surface area contributed by atoms with E-state index >= 15 is 0 Å². The van der Waals surface area contributed by atoms with Gasteiger partial charge in [-0.3, -0.25) is 4.79 Å². The topological polar surface area (TPSA) is 42.0 Å². The maximum atomic E-state index is 12.8. The summed E-state index contributed by atoms with van der Waals surface area (Å²) in [7, 11) is 1.99. The molecule has 4 rings (SSSR count). The van der Waals surface area contributed by atoms with Crippen LogP contribution in [-0.2, 0) is 29.3 Å². The van der Waals surface area contributed by atoms with E-state index in [-0.39, 0.29) is 5.78 Å². The van der Waals surface area contributed by atoms with Crippen LogP contribution < -0.4 is 4.74 Å². The number of ketones is 1. The third kappa shape index (κ3) is 10.2. The van der Waals surface area contributed by atoms with Crippen molar-refractivity contribution in [2.45, 2.75) is 47.5 Å². The second-order valence-corrected chi connectivity index (χ2v) is 10.0. The van der Waals surface area contributed by atoms with Crippen LogP contribution in [0.15, 0.2) is 127 Å². The van der Waals surface area contributed by atoms with E-state index in [1.54, 1.807) is 6.92 Å². The van der Waals surface area contributed by atoms with Gasteiger partial charge in [0.2, 0.25) is 5.76 Å². The Hall–Kier alpha value is -4.51. The minimum atomic E-state index is -0.0942. The van der Waals surface area contributed by atoms with Gasteiger partial charge in [0.05, 0.1) is 0 Å². The zero-order valence-corrected chi connectivity index (χ0v) is 25.6. The van der Waals surface area contributed by atoms with E-state index < -0.39 is 0 Å². The van der Waals surface area contributed by atoms with Crippen molar-refractivity contribution in [2.24, 2.45) is 0 Å². The quantitative estimate of drug-likeness (QED) is 0.122. The van der Waals surface area contributed by atoms with Gasteiger partial charge in [-0.15, -0.1) is 0 Å². The Morgan fingerprint density at radius 2 is 1.21 bits per heavy atom. The summed E-state index contributed by atoms with van der Waals surface area (Å²) in [6, 6.07) is 38.4. The van der Waals surface area contributed by atoms with E-state index in [4.69, 9.17) is 9.47 Å². The van der Waals surface area contributed by atoms with Crippen LogP contribution in [-0.4, -0.2) is 35.7 Å².